The Hall–Kier alpha value is -3.16. The van der Waals surface area contributed by atoms with Crippen molar-refractivity contribution in [3.63, 3.8) is 0 Å². The van der Waals surface area contributed by atoms with Gasteiger partial charge in [-0.1, -0.05) is 6.07 Å². The van der Waals surface area contributed by atoms with E-state index >= 15 is 0 Å². The van der Waals surface area contributed by atoms with Crippen molar-refractivity contribution in [2.45, 2.75) is 52.0 Å². The van der Waals surface area contributed by atoms with Crippen molar-refractivity contribution >= 4 is 11.7 Å². The first-order chi connectivity index (χ1) is 15.1. The van der Waals surface area contributed by atoms with Crippen LogP contribution in [-0.2, 0) is 11.2 Å². The van der Waals surface area contributed by atoms with E-state index in [1.807, 2.05) is 30.9 Å². The van der Waals surface area contributed by atoms with E-state index in [1.165, 1.54) is 6.33 Å². The van der Waals surface area contributed by atoms with Gasteiger partial charge in [-0.25, -0.2) is 9.50 Å². The number of nitrogens with zero attached hydrogens (tertiary/aromatic N) is 5. The first-order valence-corrected chi connectivity index (χ1v) is 11.0. The van der Waals surface area contributed by atoms with E-state index in [2.05, 4.69) is 21.1 Å². The number of rotatable bonds is 4. The zero-order valence-electron chi connectivity index (χ0n) is 18.0. The van der Waals surface area contributed by atoms with Crippen LogP contribution in [0.5, 0.6) is 11.5 Å². The summed E-state index contributed by atoms with van der Waals surface area (Å²) < 4.78 is 13.3. The van der Waals surface area contributed by atoms with Crippen LogP contribution in [-0.4, -0.2) is 50.1 Å². The Bertz CT molecular complexity index is 1130. The molecule has 1 saturated heterocycles. The van der Waals surface area contributed by atoms with Crippen molar-refractivity contribution in [3.8, 4) is 11.5 Å². The van der Waals surface area contributed by atoms with Crippen LogP contribution >= 0.6 is 0 Å². The molecule has 162 valence electrons. The minimum absolute atomic E-state index is 0.0859. The van der Waals surface area contributed by atoms with Crippen LogP contribution in [0, 0.1) is 13.8 Å². The van der Waals surface area contributed by atoms with Crippen molar-refractivity contribution in [1.29, 1.82) is 0 Å². The summed E-state index contributed by atoms with van der Waals surface area (Å²) in [5, 5.41) is 4.24. The number of benzene rings is 1. The summed E-state index contributed by atoms with van der Waals surface area (Å²) in [5.74, 6) is 2.35. The van der Waals surface area contributed by atoms with Crippen molar-refractivity contribution in [2.24, 2.45) is 0 Å². The minimum atomic E-state index is 0.0859. The second-order valence-corrected chi connectivity index (χ2v) is 8.23. The van der Waals surface area contributed by atoms with E-state index < -0.39 is 0 Å². The Kier molecular flexibility index (Phi) is 5.21. The van der Waals surface area contributed by atoms with Crippen LogP contribution in [0.1, 0.15) is 54.2 Å². The van der Waals surface area contributed by atoms with Gasteiger partial charge < -0.3 is 14.4 Å². The average Bonchev–Trinajstić information content (AvgIpc) is 3.38. The Morgan fingerprint density at radius 1 is 1.16 bits per heavy atom. The molecule has 2 aliphatic heterocycles. The molecule has 1 unspecified atom stereocenters. The number of likely N-dealkylation sites (tertiary alicyclic amines) is 1. The van der Waals surface area contributed by atoms with E-state index in [0.29, 0.717) is 31.8 Å². The molecule has 2 aromatic heterocycles. The third kappa shape index (κ3) is 3.71. The van der Waals surface area contributed by atoms with Gasteiger partial charge in [0.2, 0.25) is 5.91 Å². The molecule has 0 bridgehead atoms. The molecule has 0 radical (unpaired) electrons. The maximum Gasteiger partial charge on any atom is 0.252 e. The van der Waals surface area contributed by atoms with Gasteiger partial charge in [-0.05, 0) is 56.4 Å². The molecule has 0 N–H and O–H groups in total. The van der Waals surface area contributed by atoms with E-state index in [9.17, 15) is 4.79 Å². The predicted octanol–water partition coefficient (Wildman–Crippen LogP) is 3.20. The van der Waals surface area contributed by atoms with Crippen LogP contribution in [0.25, 0.3) is 5.78 Å². The molecule has 0 saturated carbocycles. The van der Waals surface area contributed by atoms with E-state index in [1.54, 1.807) is 4.52 Å². The molecule has 1 aromatic carbocycles. The van der Waals surface area contributed by atoms with Gasteiger partial charge in [0, 0.05) is 30.8 Å². The van der Waals surface area contributed by atoms with Gasteiger partial charge >= 0.3 is 0 Å². The van der Waals surface area contributed by atoms with Gasteiger partial charge in [0.1, 0.15) is 6.33 Å². The molecule has 8 nitrogen and oxygen atoms in total. The fourth-order valence-electron chi connectivity index (χ4n) is 4.69. The highest BCUT2D eigenvalue weighted by Gasteiger charge is 2.30. The molecule has 0 aliphatic carbocycles. The molecule has 1 fully saturated rings. The van der Waals surface area contributed by atoms with Gasteiger partial charge in [0.05, 0.1) is 19.3 Å². The van der Waals surface area contributed by atoms with E-state index in [0.717, 1.165) is 59.8 Å². The first-order valence-electron chi connectivity index (χ1n) is 11.0. The van der Waals surface area contributed by atoms with Gasteiger partial charge in [0.15, 0.2) is 11.5 Å². The average molecular weight is 422 g/mol. The third-order valence-electron chi connectivity index (χ3n) is 6.31. The Morgan fingerprint density at radius 3 is 2.87 bits per heavy atom. The van der Waals surface area contributed by atoms with Crippen LogP contribution in [0.3, 0.4) is 0 Å². The van der Waals surface area contributed by atoms with Crippen LogP contribution in [0.2, 0.25) is 0 Å². The van der Waals surface area contributed by atoms with Crippen molar-refractivity contribution in [1.82, 2.24) is 24.5 Å². The zero-order valence-corrected chi connectivity index (χ0v) is 18.0. The third-order valence-corrected chi connectivity index (χ3v) is 6.31. The van der Waals surface area contributed by atoms with Crippen molar-refractivity contribution < 1.29 is 14.3 Å². The van der Waals surface area contributed by atoms with Gasteiger partial charge in [-0.2, -0.15) is 10.1 Å². The summed E-state index contributed by atoms with van der Waals surface area (Å²) in [6.07, 6.45) is 5.46. The Labute approximate surface area is 181 Å². The quantitative estimate of drug-likeness (QED) is 0.643. The number of carbonyl (C=O) groups excluding carboxylic acids is 1. The lowest BCUT2D eigenvalue weighted by Crippen LogP contribution is -2.31. The number of carbonyl (C=O) groups is 1. The Morgan fingerprint density at radius 2 is 2.00 bits per heavy atom. The summed E-state index contributed by atoms with van der Waals surface area (Å²) in [7, 11) is 0. The Balaban J connectivity index is 1.32. The summed E-state index contributed by atoms with van der Waals surface area (Å²) in [6, 6.07) is 6.18. The molecule has 4 heterocycles. The topological polar surface area (TPSA) is 81.9 Å². The second-order valence-electron chi connectivity index (χ2n) is 8.23. The molecule has 5 rings (SSSR count). The number of hydrogen-bond acceptors (Lipinski definition) is 6. The first kappa shape index (κ1) is 19.8. The highest BCUT2D eigenvalue weighted by molar-refractivity contribution is 5.77. The molecular weight excluding hydrogens is 394 g/mol. The van der Waals surface area contributed by atoms with Gasteiger partial charge in [-0.15, -0.1) is 0 Å². The van der Waals surface area contributed by atoms with Crippen LogP contribution in [0.4, 0.5) is 0 Å². The number of amides is 1. The molecule has 31 heavy (non-hydrogen) atoms. The standard InChI is InChI=1S/C23H27N5O3/c1-15-18(16(2)28-23(26-15)24-14-25-28)7-9-22(29)27-10-3-5-19(27)17-6-8-20-21(13-17)31-12-4-11-30-20/h6,8,13-14,19H,3-5,7,9-12H2,1-2H3. The van der Waals surface area contributed by atoms with Crippen molar-refractivity contribution in [2.75, 3.05) is 19.8 Å². The number of ether oxygens (including phenoxy) is 2. The molecule has 2 aliphatic rings. The highest BCUT2D eigenvalue weighted by Crippen LogP contribution is 2.38. The number of aryl methyl sites for hydroxylation is 2. The smallest absolute Gasteiger partial charge is 0.252 e. The van der Waals surface area contributed by atoms with Gasteiger partial charge in [-0.3, -0.25) is 4.79 Å². The molecular formula is C23H27N5O3. The largest absolute Gasteiger partial charge is 0.490 e. The number of hydrogen-bond donors (Lipinski definition) is 0. The summed E-state index contributed by atoms with van der Waals surface area (Å²) in [5.41, 5.74) is 4.09. The summed E-state index contributed by atoms with van der Waals surface area (Å²) in [4.78, 5) is 23.9. The predicted molar refractivity (Wildman–Crippen MR) is 114 cm³/mol. The van der Waals surface area contributed by atoms with Crippen LogP contribution < -0.4 is 9.47 Å². The van der Waals surface area contributed by atoms with Crippen LogP contribution in [0.15, 0.2) is 24.5 Å². The van der Waals surface area contributed by atoms with Crippen molar-refractivity contribution in [3.05, 3.63) is 47.0 Å². The van der Waals surface area contributed by atoms with Gasteiger partial charge in [0.25, 0.3) is 5.78 Å². The summed E-state index contributed by atoms with van der Waals surface area (Å²) in [6.45, 7) is 6.10. The maximum absolute atomic E-state index is 13.2. The SMILES string of the molecule is Cc1nc2ncnn2c(C)c1CCC(=O)N1CCCC1c1ccc2c(c1)OCCCO2. The minimum Gasteiger partial charge on any atom is -0.490 e. The normalized spacial score (nSPS) is 18.4. The lowest BCUT2D eigenvalue weighted by Gasteiger charge is -2.26. The zero-order chi connectivity index (χ0) is 21.4. The van der Waals surface area contributed by atoms with E-state index in [-0.39, 0.29) is 11.9 Å². The molecule has 8 heteroatoms. The lowest BCUT2D eigenvalue weighted by atomic mass is 10.0. The fourth-order valence-corrected chi connectivity index (χ4v) is 4.69. The summed E-state index contributed by atoms with van der Waals surface area (Å²) >= 11 is 0. The number of aromatic nitrogens is 4. The molecule has 1 atom stereocenters. The molecule has 0 spiro atoms. The van der Waals surface area contributed by atoms with E-state index in [4.69, 9.17) is 9.47 Å². The molecule has 1 amide bonds. The second kappa shape index (κ2) is 8.17. The lowest BCUT2D eigenvalue weighted by molar-refractivity contribution is -0.132. The fraction of sp³-hybridized carbons (Fsp3) is 0.478. The maximum atomic E-state index is 13.2. The molecule has 3 aromatic rings. The monoisotopic (exact) mass is 421 g/mol. The number of fused-ring (bicyclic) bond motifs is 2. The highest BCUT2D eigenvalue weighted by atomic mass is 16.5.